The largest absolute Gasteiger partial charge is 0.493 e. The van der Waals surface area contributed by atoms with Crippen LogP contribution in [-0.4, -0.2) is 44.0 Å². The second kappa shape index (κ2) is 10.1. The molecule has 0 aliphatic heterocycles. The molecule has 0 fully saturated rings. The molecule has 0 unspecified atom stereocenters. The highest BCUT2D eigenvalue weighted by Crippen LogP contribution is 2.28. The zero-order valence-electron chi connectivity index (χ0n) is 16.1. The maximum atomic E-state index is 12.9. The van der Waals surface area contributed by atoms with Gasteiger partial charge in [-0.1, -0.05) is 18.2 Å². The molecule has 0 saturated carbocycles. The quantitative estimate of drug-likeness (QED) is 0.756. The van der Waals surface area contributed by atoms with Crippen LogP contribution in [0.25, 0.3) is 6.08 Å². The Morgan fingerprint density at radius 1 is 1.14 bits per heavy atom. The van der Waals surface area contributed by atoms with Gasteiger partial charge in [0, 0.05) is 12.7 Å². The SMILES string of the molecule is C/C=C/c1ccc(OCC(=O)N(C)CC(=O)Nc2ccc(F)cc2)c(OC)c1. The van der Waals surface area contributed by atoms with Crippen LogP contribution in [0.4, 0.5) is 10.1 Å². The Morgan fingerprint density at radius 3 is 2.50 bits per heavy atom. The lowest BCUT2D eigenvalue weighted by atomic mass is 10.2. The van der Waals surface area contributed by atoms with Crippen LogP contribution < -0.4 is 14.8 Å². The van der Waals surface area contributed by atoms with Gasteiger partial charge in [0.25, 0.3) is 5.91 Å². The van der Waals surface area contributed by atoms with E-state index in [1.165, 1.54) is 43.3 Å². The predicted molar refractivity (Wildman–Crippen MR) is 106 cm³/mol. The molecule has 0 bridgehead atoms. The number of nitrogens with zero attached hydrogens (tertiary/aromatic N) is 1. The van der Waals surface area contributed by atoms with Crippen molar-refractivity contribution in [2.75, 3.05) is 32.6 Å². The fraction of sp³-hybridized carbons (Fsp3) is 0.238. The molecule has 6 nitrogen and oxygen atoms in total. The Hall–Kier alpha value is -3.35. The highest BCUT2D eigenvalue weighted by Gasteiger charge is 2.15. The van der Waals surface area contributed by atoms with Crippen LogP contribution >= 0.6 is 0 Å². The number of allylic oxidation sites excluding steroid dienone is 1. The van der Waals surface area contributed by atoms with Crippen LogP contribution in [0.15, 0.2) is 48.5 Å². The lowest BCUT2D eigenvalue weighted by molar-refractivity contribution is -0.135. The van der Waals surface area contributed by atoms with Crippen molar-refractivity contribution in [1.82, 2.24) is 4.90 Å². The van der Waals surface area contributed by atoms with Crippen molar-refractivity contribution in [3.8, 4) is 11.5 Å². The minimum Gasteiger partial charge on any atom is -0.493 e. The van der Waals surface area contributed by atoms with Crippen molar-refractivity contribution < 1.29 is 23.5 Å². The molecule has 0 heterocycles. The third-order valence-corrected chi connectivity index (χ3v) is 3.83. The minimum absolute atomic E-state index is 0.156. The van der Waals surface area contributed by atoms with Crippen molar-refractivity contribution in [3.63, 3.8) is 0 Å². The van der Waals surface area contributed by atoms with Crippen molar-refractivity contribution in [1.29, 1.82) is 0 Å². The second-order valence-corrected chi connectivity index (χ2v) is 6.00. The number of benzene rings is 2. The first-order valence-corrected chi connectivity index (χ1v) is 8.66. The van der Waals surface area contributed by atoms with Crippen molar-refractivity contribution >= 4 is 23.6 Å². The molecular formula is C21H23FN2O4. The number of amides is 2. The van der Waals surface area contributed by atoms with E-state index >= 15 is 0 Å². The fourth-order valence-corrected chi connectivity index (χ4v) is 2.39. The zero-order chi connectivity index (χ0) is 20.5. The molecule has 2 amide bonds. The first kappa shape index (κ1) is 21.0. The Kier molecular flexibility index (Phi) is 7.56. The monoisotopic (exact) mass is 386 g/mol. The third kappa shape index (κ3) is 6.12. The number of rotatable bonds is 8. The molecule has 0 saturated heterocycles. The molecule has 0 aliphatic rings. The average Bonchev–Trinajstić information content (AvgIpc) is 2.68. The fourth-order valence-electron chi connectivity index (χ4n) is 2.39. The highest BCUT2D eigenvalue weighted by atomic mass is 19.1. The molecule has 0 aliphatic carbocycles. The number of nitrogens with one attached hydrogen (secondary N) is 1. The smallest absolute Gasteiger partial charge is 0.260 e. The van der Waals surface area contributed by atoms with Gasteiger partial charge in [-0.3, -0.25) is 9.59 Å². The van der Waals surface area contributed by atoms with Crippen molar-refractivity contribution in [3.05, 3.63) is 59.9 Å². The van der Waals surface area contributed by atoms with Crippen molar-refractivity contribution in [2.45, 2.75) is 6.92 Å². The molecule has 0 aromatic heterocycles. The molecule has 148 valence electrons. The number of halogens is 1. The van der Waals surface area contributed by atoms with Gasteiger partial charge >= 0.3 is 0 Å². The van der Waals surface area contributed by atoms with Gasteiger partial charge in [0.1, 0.15) is 5.82 Å². The number of carbonyl (C=O) groups excluding carboxylic acids is 2. The molecule has 0 spiro atoms. The Balaban J connectivity index is 1.88. The molecule has 2 aromatic rings. The van der Waals surface area contributed by atoms with E-state index in [4.69, 9.17) is 9.47 Å². The number of hydrogen-bond acceptors (Lipinski definition) is 4. The van der Waals surface area contributed by atoms with E-state index in [0.29, 0.717) is 17.2 Å². The van der Waals surface area contributed by atoms with Crippen molar-refractivity contribution in [2.24, 2.45) is 0 Å². The summed E-state index contributed by atoms with van der Waals surface area (Å²) in [4.78, 5) is 25.5. The molecule has 7 heteroatoms. The molecule has 2 rings (SSSR count). The number of likely N-dealkylation sites (N-methyl/N-ethyl adjacent to an activating group) is 1. The van der Waals surface area contributed by atoms with E-state index in [2.05, 4.69) is 5.32 Å². The van der Waals surface area contributed by atoms with Gasteiger partial charge in [-0.05, 0) is 48.9 Å². The normalized spacial score (nSPS) is 10.6. The maximum absolute atomic E-state index is 12.9. The van der Waals surface area contributed by atoms with Gasteiger partial charge in [0.2, 0.25) is 5.91 Å². The molecule has 1 N–H and O–H groups in total. The van der Waals surface area contributed by atoms with Gasteiger partial charge in [-0.25, -0.2) is 4.39 Å². The number of ether oxygens (including phenoxy) is 2. The van der Waals surface area contributed by atoms with E-state index in [1.807, 2.05) is 25.1 Å². The van der Waals surface area contributed by atoms with Crippen LogP contribution in [0.1, 0.15) is 12.5 Å². The number of carbonyl (C=O) groups is 2. The zero-order valence-corrected chi connectivity index (χ0v) is 16.1. The van der Waals surface area contributed by atoms with Crippen LogP contribution in [-0.2, 0) is 9.59 Å². The lowest BCUT2D eigenvalue weighted by Gasteiger charge is -2.18. The summed E-state index contributed by atoms with van der Waals surface area (Å²) in [5.41, 5.74) is 1.40. The van der Waals surface area contributed by atoms with Gasteiger partial charge in [0.05, 0.1) is 13.7 Å². The van der Waals surface area contributed by atoms with Crippen LogP contribution in [0.2, 0.25) is 0 Å². The van der Waals surface area contributed by atoms with Gasteiger partial charge < -0.3 is 19.7 Å². The first-order chi connectivity index (χ1) is 13.4. The van der Waals surface area contributed by atoms with Gasteiger partial charge in [0.15, 0.2) is 18.1 Å². The van der Waals surface area contributed by atoms with E-state index in [1.54, 1.807) is 12.1 Å². The second-order valence-electron chi connectivity index (χ2n) is 6.00. The minimum atomic E-state index is -0.393. The number of methoxy groups -OCH3 is 1. The summed E-state index contributed by atoms with van der Waals surface area (Å²) in [7, 11) is 3.03. The summed E-state index contributed by atoms with van der Waals surface area (Å²) in [5.74, 6) is -0.199. The molecule has 0 atom stereocenters. The van der Waals surface area contributed by atoms with Gasteiger partial charge in [-0.2, -0.15) is 0 Å². The number of hydrogen-bond donors (Lipinski definition) is 1. The Bertz CT molecular complexity index is 850. The standard InChI is InChI=1S/C21H23FN2O4/c1-4-5-15-6-11-18(19(12-15)27-3)28-14-21(26)24(2)13-20(25)23-17-9-7-16(22)8-10-17/h4-12H,13-14H2,1-3H3,(H,23,25)/b5-4+. The maximum Gasteiger partial charge on any atom is 0.260 e. The predicted octanol–water partition coefficient (Wildman–Crippen LogP) is 3.34. The summed E-state index contributed by atoms with van der Waals surface area (Å²) in [6.45, 7) is 1.52. The summed E-state index contributed by atoms with van der Waals surface area (Å²) in [5, 5.41) is 2.60. The number of anilines is 1. The summed E-state index contributed by atoms with van der Waals surface area (Å²) in [6, 6.07) is 10.8. The van der Waals surface area contributed by atoms with E-state index in [-0.39, 0.29) is 19.1 Å². The molecule has 0 radical (unpaired) electrons. The topological polar surface area (TPSA) is 67.9 Å². The highest BCUT2D eigenvalue weighted by molar-refractivity contribution is 5.94. The van der Waals surface area contributed by atoms with E-state index in [9.17, 15) is 14.0 Å². The summed E-state index contributed by atoms with van der Waals surface area (Å²) in [6.07, 6.45) is 3.83. The summed E-state index contributed by atoms with van der Waals surface area (Å²) < 4.78 is 23.7. The third-order valence-electron chi connectivity index (χ3n) is 3.83. The van der Waals surface area contributed by atoms with Crippen LogP contribution in [0.5, 0.6) is 11.5 Å². The van der Waals surface area contributed by atoms with E-state index in [0.717, 1.165) is 5.56 Å². The van der Waals surface area contributed by atoms with E-state index < -0.39 is 11.7 Å². The Labute approximate surface area is 163 Å². The molecular weight excluding hydrogens is 363 g/mol. The van der Waals surface area contributed by atoms with Crippen LogP contribution in [0, 0.1) is 5.82 Å². The first-order valence-electron chi connectivity index (χ1n) is 8.66. The Morgan fingerprint density at radius 2 is 1.86 bits per heavy atom. The lowest BCUT2D eigenvalue weighted by Crippen LogP contribution is -2.37. The molecule has 2 aromatic carbocycles. The molecule has 28 heavy (non-hydrogen) atoms. The van der Waals surface area contributed by atoms with Gasteiger partial charge in [-0.15, -0.1) is 0 Å². The van der Waals surface area contributed by atoms with Crippen LogP contribution in [0.3, 0.4) is 0 Å². The summed E-state index contributed by atoms with van der Waals surface area (Å²) >= 11 is 0. The average molecular weight is 386 g/mol.